The van der Waals surface area contributed by atoms with Gasteiger partial charge in [-0.1, -0.05) is 0 Å². The van der Waals surface area contributed by atoms with Gasteiger partial charge in [0, 0.05) is 50.0 Å². The molecule has 2 aliphatic heterocycles. The van der Waals surface area contributed by atoms with Gasteiger partial charge in [-0.25, -0.2) is 0 Å². The number of amides is 2. The van der Waals surface area contributed by atoms with Crippen molar-refractivity contribution >= 4 is 11.8 Å². The molecule has 0 aliphatic carbocycles. The van der Waals surface area contributed by atoms with E-state index in [9.17, 15) is 9.59 Å². The first-order chi connectivity index (χ1) is 11.9. The van der Waals surface area contributed by atoms with Gasteiger partial charge < -0.3 is 14.4 Å². The maximum Gasteiger partial charge on any atom is 0.255 e. The lowest BCUT2D eigenvalue weighted by molar-refractivity contribution is -0.127. The zero-order valence-electron chi connectivity index (χ0n) is 15.8. The second-order valence-electron chi connectivity index (χ2n) is 8.40. The molecule has 0 N–H and O–H groups in total. The third-order valence-electron chi connectivity index (χ3n) is 5.51. The van der Waals surface area contributed by atoms with E-state index in [0.717, 1.165) is 50.9 Å². The normalized spacial score (nSPS) is 21.9. The fraction of sp³-hybridized carbons (Fsp3) is 0.700. The molecule has 5 heteroatoms. The molecular weight excluding hydrogens is 314 g/mol. The number of nitrogens with zero attached hydrogens (tertiary/aromatic N) is 3. The number of hydrogen-bond donors (Lipinski definition) is 0. The minimum atomic E-state index is -0.0179. The highest BCUT2D eigenvalue weighted by Crippen LogP contribution is 2.24. The predicted octanol–water partition coefficient (Wildman–Crippen LogP) is 3.25. The van der Waals surface area contributed by atoms with Crippen molar-refractivity contribution in [3.63, 3.8) is 0 Å². The molecule has 1 aromatic heterocycles. The summed E-state index contributed by atoms with van der Waals surface area (Å²) in [4.78, 5) is 28.9. The SMILES string of the molecule is CC(C)(C)n1ccc(C(=O)N2CCCCC2CCN2CCCC2=O)c1. The summed E-state index contributed by atoms with van der Waals surface area (Å²) in [5, 5.41) is 0. The molecule has 0 aromatic carbocycles. The van der Waals surface area contributed by atoms with Gasteiger partial charge in [-0.05, 0) is 58.9 Å². The zero-order valence-corrected chi connectivity index (χ0v) is 15.8. The highest BCUT2D eigenvalue weighted by molar-refractivity contribution is 5.94. The van der Waals surface area contributed by atoms with Gasteiger partial charge in [0.05, 0.1) is 5.56 Å². The quantitative estimate of drug-likeness (QED) is 0.841. The van der Waals surface area contributed by atoms with Crippen molar-refractivity contribution in [2.45, 2.75) is 70.9 Å². The van der Waals surface area contributed by atoms with Crippen molar-refractivity contribution in [1.82, 2.24) is 14.4 Å². The molecule has 2 fully saturated rings. The number of rotatable bonds is 4. The van der Waals surface area contributed by atoms with E-state index < -0.39 is 0 Å². The van der Waals surface area contributed by atoms with E-state index in [1.54, 1.807) is 0 Å². The Morgan fingerprint density at radius 1 is 1.20 bits per heavy atom. The minimum absolute atomic E-state index is 0.0179. The molecule has 0 bridgehead atoms. The van der Waals surface area contributed by atoms with Crippen LogP contribution in [0.5, 0.6) is 0 Å². The Kier molecular flexibility index (Phi) is 5.21. The van der Waals surface area contributed by atoms with Crippen LogP contribution in [0.15, 0.2) is 18.5 Å². The maximum absolute atomic E-state index is 13.0. The van der Waals surface area contributed by atoms with Crippen LogP contribution >= 0.6 is 0 Å². The van der Waals surface area contributed by atoms with Crippen molar-refractivity contribution < 1.29 is 9.59 Å². The Labute approximate surface area is 151 Å². The zero-order chi connectivity index (χ0) is 18.0. The average molecular weight is 345 g/mol. The monoisotopic (exact) mass is 345 g/mol. The maximum atomic E-state index is 13.0. The number of hydrogen-bond acceptors (Lipinski definition) is 2. The van der Waals surface area contributed by atoms with Crippen molar-refractivity contribution in [2.24, 2.45) is 0 Å². The van der Waals surface area contributed by atoms with E-state index in [1.807, 2.05) is 28.3 Å². The van der Waals surface area contributed by atoms with E-state index in [2.05, 4.69) is 25.3 Å². The predicted molar refractivity (Wildman–Crippen MR) is 98.5 cm³/mol. The summed E-state index contributed by atoms with van der Waals surface area (Å²) in [6.07, 6.45) is 9.83. The number of likely N-dealkylation sites (tertiary alicyclic amines) is 2. The first kappa shape index (κ1) is 18.0. The van der Waals surface area contributed by atoms with E-state index in [1.165, 1.54) is 6.42 Å². The fourth-order valence-electron chi connectivity index (χ4n) is 3.92. The van der Waals surface area contributed by atoms with Crippen LogP contribution in [0, 0.1) is 0 Å². The van der Waals surface area contributed by atoms with Crippen LogP contribution in [0.3, 0.4) is 0 Å². The van der Waals surface area contributed by atoms with Gasteiger partial charge in [-0.2, -0.15) is 0 Å². The Hall–Kier alpha value is -1.78. The molecule has 0 radical (unpaired) electrons. The molecule has 1 unspecified atom stereocenters. The van der Waals surface area contributed by atoms with E-state index in [0.29, 0.717) is 6.42 Å². The van der Waals surface area contributed by atoms with Gasteiger partial charge in [0.2, 0.25) is 5.91 Å². The Morgan fingerprint density at radius 3 is 2.64 bits per heavy atom. The van der Waals surface area contributed by atoms with Crippen LogP contribution in [0.1, 0.15) is 69.7 Å². The summed E-state index contributed by atoms with van der Waals surface area (Å²) in [5.41, 5.74) is 0.759. The van der Waals surface area contributed by atoms with Crippen molar-refractivity contribution in [2.75, 3.05) is 19.6 Å². The summed E-state index contributed by atoms with van der Waals surface area (Å²) in [5.74, 6) is 0.413. The summed E-state index contributed by atoms with van der Waals surface area (Å²) >= 11 is 0. The Morgan fingerprint density at radius 2 is 2.00 bits per heavy atom. The molecule has 1 atom stereocenters. The summed E-state index contributed by atoms with van der Waals surface area (Å²) in [7, 11) is 0. The molecule has 2 amide bonds. The third-order valence-corrected chi connectivity index (χ3v) is 5.51. The van der Waals surface area contributed by atoms with Gasteiger partial charge in [-0.15, -0.1) is 0 Å². The van der Waals surface area contributed by atoms with Crippen LogP contribution in [0.4, 0.5) is 0 Å². The van der Waals surface area contributed by atoms with Gasteiger partial charge in [0.25, 0.3) is 5.91 Å². The molecule has 3 heterocycles. The minimum Gasteiger partial charge on any atom is -0.348 e. The second-order valence-corrected chi connectivity index (χ2v) is 8.40. The summed E-state index contributed by atoms with van der Waals surface area (Å²) < 4.78 is 2.10. The standard InChI is InChI=1S/C20H31N3O2/c1-20(2,3)22-14-9-16(15-22)19(25)23-12-5-4-7-17(23)10-13-21-11-6-8-18(21)24/h9,14-15,17H,4-8,10-13H2,1-3H3. The molecule has 0 spiro atoms. The van der Waals surface area contributed by atoms with Crippen LogP contribution in [0.25, 0.3) is 0 Å². The second kappa shape index (κ2) is 7.22. The molecule has 2 aliphatic rings. The molecule has 5 nitrogen and oxygen atoms in total. The van der Waals surface area contributed by atoms with Crippen molar-refractivity contribution in [3.05, 3.63) is 24.0 Å². The number of aromatic nitrogens is 1. The van der Waals surface area contributed by atoms with Crippen LogP contribution < -0.4 is 0 Å². The summed E-state index contributed by atoms with van der Waals surface area (Å²) in [6.45, 7) is 8.91. The smallest absolute Gasteiger partial charge is 0.255 e. The number of carbonyl (C=O) groups is 2. The molecular formula is C20H31N3O2. The van der Waals surface area contributed by atoms with E-state index in [4.69, 9.17) is 0 Å². The molecule has 3 rings (SSSR count). The summed E-state index contributed by atoms with van der Waals surface area (Å²) in [6, 6.07) is 2.19. The van der Waals surface area contributed by atoms with Gasteiger partial charge >= 0.3 is 0 Å². The van der Waals surface area contributed by atoms with Crippen LogP contribution in [-0.4, -0.2) is 51.9 Å². The lowest BCUT2D eigenvalue weighted by Crippen LogP contribution is -2.45. The molecule has 138 valence electrons. The van der Waals surface area contributed by atoms with Gasteiger partial charge in [0.15, 0.2) is 0 Å². The fourth-order valence-corrected chi connectivity index (χ4v) is 3.92. The highest BCUT2D eigenvalue weighted by atomic mass is 16.2. The van der Waals surface area contributed by atoms with E-state index >= 15 is 0 Å². The Bertz CT molecular complexity index is 629. The molecule has 25 heavy (non-hydrogen) atoms. The topological polar surface area (TPSA) is 45.6 Å². The number of carbonyl (C=O) groups excluding carboxylic acids is 2. The first-order valence-corrected chi connectivity index (χ1v) is 9.63. The van der Waals surface area contributed by atoms with Crippen molar-refractivity contribution in [1.29, 1.82) is 0 Å². The van der Waals surface area contributed by atoms with Crippen LogP contribution in [0.2, 0.25) is 0 Å². The van der Waals surface area contributed by atoms with Crippen molar-refractivity contribution in [3.8, 4) is 0 Å². The first-order valence-electron chi connectivity index (χ1n) is 9.63. The van der Waals surface area contributed by atoms with E-state index in [-0.39, 0.29) is 23.4 Å². The van der Waals surface area contributed by atoms with Crippen LogP contribution in [-0.2, 0) is 10.3 Å². The largest absolute Gasteiger partial charge is 0.348 e. The van der Waals surface area contributed by atoms with Gasteiger partial charge in [-0.3, -0.25) is 9.59 Å². The Balaban J connectivity index is 1.66. The van der Waals surface area contributed by atoms with Gasteiger partial charge in [0.1, 0.15) is 0 Å². The molecule has 2 saturated heterocycles. The lowest BCUT2D eigenvalue weighted by Gasteiger charge is -2.36. The number of piperidine rings is 1. The highest BCUT2D eigenvalue weighted by Gasteiger charge is 2.30. The lowest BCUT2D eigenvalue weighted by atomic mass is 9.98. The molecule has 0 saturated carbocycles. The third kappa shape index (κ3) is 4.07. The molecule has 1 aromatic rings. The average Bonchev–Trinajstić information content (AvgIpc) is 3.21.